The molecule has 1 aliphatic rings. The Labute approximate surface area is 210 Å². The van der Waals surface area contributed by atoms with Crippen LogP contribution in [0, 0.1) is 6.92 Å². The SMILES string of the molecule is Cc1cc(CN(C)C)ccc1NC1=C(C(=O)OCCN(C)C)C(=O)/C(=C/c2c[nH]c3ncccc23)O1. The summed E-state index contributed by atoms with van der Waals surface area (Å²) < 4.78 is 11.3. The number of carbonyl (C=O) groups is 2. The lowest BCUT2D eigenvalue weighted by atomic mass is 10.1. The minimum atomic E-state index is -0.727. The zero-order valence-electron chi connectivity index (χ0n) is 21.2. The molecule has 1 aliphatic heterocycles. The smallest absolute Gasteiger partial charge is 0.347 e. The Balaban J connectivity index is 1.65. The van der Waals surface area contributed by atoms with E-state index in [1.807, 2.05) is 64.3 Å². The van der Waals surface area contributed by atoms with Gasteiger partial charge in [-0.1, -0.05) is 12.1 Å². The second-order valence-corrected chi connectivity index (χ2v) is 9.24. The molecule has 0 fully saturated rings. The quantitative estimate of drug-likeness (QED) is 0.268. The van der Waals surface area contributed by atoms with Gasteiger partial charge in [-0.2, -0.15) is 0 Å². The van der Waals surface area contributed by atoms with Gasteiger partial charge in [-0.3, -0.25) is 4.79 Å². The van der Waals surface area contributed by atoms with Gasteiger partial charge in [0, 0.05) is 42.1 Å². The number of H-pyrrole nitrogens is 1. The van der Waals surface area contributed by atoms with E-state index in [1.165, 1.54) is 0 Å². The molecule has 2 aromatic heterocycles. The highest BCUT2D eigenvalue weighted by Gasteiger charge is 2.37. The number of aromatic nitrogens is 2. The number of esters is 1. The van der Waals surface area contributed by atoms with Crippen molar-refractivity contribution in [3.8, 4) is 0 Å². The fourth-order valence-electron chi connectivity index (χ4n) is 3.88. The molecule has 36 heavy (non-hydrogen) atoms. The summed E-state index contributed by atoms with van der Waals surface area (Å²) in [5.74, 6) is -1.17. The number of aromatic amines is 1. The third-order valence-corrected chi connectivity index (χ3v) is 5.67. The highest BCUT2D eigenvalue weighted by Crippen LogP contribution is 2.31. The van der Waals surface area contributed by atoms with Crippen LogP contribution < -0.4 is 5.32 Å². The van der Waals surface area contributed by atoms with Gasteiger partial charge >= 0.3 is 5.97 Å². The summed E-state index contributed by atoms with van der Waals surface area (Å²) in [6.45, 7) is 3.45. The molecule has 0 spiro atoms. The molecule has 0 radical (unpaired) electrons. The molecule has 0 bridgehead atoms. The third kappa shape index (κ3) is 5.64. The van der Waals surface area contributed by atoms with Crippen molar-refractivity contribution in [3.05, 3.63) is 76.6 Å². The van der Waals surface area contributed by atoms with Crippen LogP contribution in [0.3, 0.4) is 0 Å². The minimum absolute atomic E-state index is 0.0312. The molecule has 3 aromatic rings. The maximum atomic E-state index is 13.3. The Morgan fingerprint density at radius 2 is 2.00 bits per heavy atom. The van der Waals surface area contributed by atoms with Crippen LogP contribution in [0.2, 0.25) is 0 Å². The van der Waals surface area contributed by atoms with Gasteiger partial charge in [0.2, 0.25) is 11.7 Å². The largest absolute Gasteiger partial charge is 0.460 e. The number of likely N-dealkylation sites (N-methyl/N-ethyl adjacent to an activating group) is 1. The maximum absolute atomic E-state index is 13.3. The number of nitrogens with zero attached hydrogens (tertiary/aromatic N) is 3. The Kier molecular flexibility index (Phi) is 7.52. The van der Waals surface area contributed by atoms with Crippen LogP contribution in [0.1, 0.15) is 16.7 Å². The Morgan fingerprint density at radius 3 is 2.72 bits per heavy atom. The van der Waals surface area contributed by atoms with Crippen molar-refractivity contribution in [1.29, 1.82) is 0 Å². The summed E-state index contributed by atoms with van der Waals surface area (Å²) in [7, 11) is 7.78. The van der Waals surface area contributed by atoms with Gasteiger partial charge in [0.05, 0.1) is 0 Å². The summed E-state index contributed by atoms with van der Waals surface area (Å²) in [5, 5.41) is 3.99. The Bertz CT molecular complexity index is 1350. The summed E-state index contributed by atoms with van der Waals surface area (Å²) in [6.07, 6.45) is 5.04. The Hall–Kier alpha value is -3.95. The van der Waals surface area contributed by atoms with Gasteiger partial charge in [0.15, 0.2) is 11.3 Å². The van der Waals surface area contributed by atoms with E-state index in [2.05, 4.69) is 26.3 Å². The van der Waals surface area contributed by atoms with E-state index < -0.39 is 11.8 Å². The first-order chi connectivity index (χ1) is 17.2. The zero-order valence-corrected chi connectivity index (χ0v) is 21.2. The van der Waals surface area contributed by atoms with E-state index in [0.717, 1.165) is 34.3 Å². The van der Waals surface area contributed by atoms with Crippen LogP contribution in [0.5, 0.6) is 0 Å². The number of ether oxygens (including phenoxy) is 2. The molecule has 0 atom stereocenters. The normalized spacial score (nSPS) is 14.9. The molecular formula is C27H31N5O4. The molecule has 9 nitrogen and oxygen atoms in total. The summed E-state index contributed by atoms with van der Waals surface area (Å²) in [4.78, 5) is 37.6. The van der Waals surface area contributed by atoms with E-state index in [0.29, 0.717) is 12.2 Å². The molecule has 188 valence electrons. The number of ketones is 1. The van der Waals surface area contributed by atoms with Crippen LogP contribution in [-0.2, 0) is 25.6 Å². The van der Waals surface area contributed by atoms with Crippen molar-refractivity contribution in [2.45, 2.75) is 13.5 Å². The van der Waals surface area contributed by atoms with Gasteiger partial charge in [0.25, 0.3) is 0 Å². The van der Waals surface area contributed by atoms with Crippen molar-refractivity contribution in [3.63, 3.8) is 0 Å². The van der Waals surface area contributed by atoms with Crippen LogP contribution in [-0.4, -0.2) is 72.9 Å². The molecule has 0 amide bonds. The van der Waals surface area contributed by atoms with Crippen LogP contribution >= 0.6 is 0 Å². The number of anilines is 1. The van der Waals surface area contributed by atoms with Gasteiger partial charge in [0.1, 0.15) is 12.3 Å². The molecule has 0 saturated carbocycles. The molecule has 3 heterocycles. The van der Waals surface area contributed by atoms with Crippen molar-refractivity contribution < 1.29 is 19.1 Å². The first-order valence-electron chi connectivity index (χ1n) is 11.7. The number of nitrogens with one attached hydrogen (secondary N) is 2. The second-order valence-electron chi connectivity index (χ2n) is 9.24. The molecule has 2 N–H and O–H groups in total. The second kappa shape index (κ2) is 10.8. The highest BCUT2D eigenvalue weighted by atomic mass is 16.5. The number of hydrogen-bond acceptors (Lipinski definition) is 8. The van der Waals surface area contributed by atoms with E-state index in [9.17, 15) is 9.59 Å². The van der Waals surface area contributed by atoms with E-state index in [1.54, 1.807) is 18.5 Å². The molecule has 1 aromatic carbocycles. The minimum Gasteiger partial charge on any atom is -0.460 e. The number of hydrogen-bond donors (Lipinski definition) is 2. The number of rotatable bonds is 9. The third-order valence-electron chi connectivity index (χ3n) is 5.67. The molecule has 4 rings (SSSR count). The molecule has 0 aliphatic carbocycles. The number of Topliss-reactive ketones (excluding diaryl/α,β-unsaturated/α-hetero) is 1. The monoisotopic (exact) mass is 489 g/mol. The predicted molar refractivity (Wildman–Crippen MR) is 139 cm³/mol. The first-order valence-corrected chi connectivity index (χ1v) is 11.7. The van der Waals surface area contributed by atoms with Gasteiger partial charge in [-0.15, -0.1) is 0 Å². The molecule has 0 unspecified atom stereocenters. The summed E-state index contributed by atoms with van der Waals surface area (Å²) >= 11 is 0. The molecular weight excluding hydrogens is 458 g/mol. The van der Waals surface area contributed by atoms with Crippen molar-refractivity contribution in [1.82, 2.24) is 19.8 Å². The Morgan fingerprint density at radius 1 is 1.19 bits per heavy atom. The maximum Gasteiger partial charge on any atom is 0.347 e. The summed E-state index contributed by atoms with van der Waals surface area (Å²) in [6, 6.07) is 9.68. The number of fused-ring (bicyclic) bond motifs is 1. The number of allylic oxidation sites excluding steroid dienone is 1. The van der Waals surface area contributed by atoms with E-state index in [4.69, 9.17) is 9.47 Å². The fourth-order valence-corrected chi connectivity index (χ4v) is 3.88. The van der Waals surface area contributed by atoms with Gasteiger partial charge in [-0.25, -0.2) is 9.78 Å². The van der Waals surface area contributed by atoms with Gasteiger partial charge < -0.3 is 29.6 Å². The first kappa shape index (κ1) is 25.2. The summed E-state index contributed by atoms with van der Waals surface area (Å²) in [5.41, 5.74) is 4.10. The number of pyridine rings is 1. The van der Waals surface area contributed by atoms with Crippen molar-refractivity contribution in [2.24, 2.45) is 0 Å². The lowest BCUT2D eigenvalue weighted by Gasteiger charge is -2.15. The van der Waals surface area contributed by atoms with E-state index in [-0.39, 0.29) is 23.8 Å². The molecule has 0 saturated heterocycles. The van der Waals surface area contributed by atoms with Crippen molar-refractivity contribution in [2.75, 3.05) is 46.7 Å². The number of carbonyl (C=O) groups excluding carboxylic acids is 2. The number of aryl methyl sites for hydroxylation is 1. The predicted octanol–water partition coefficient (Wildman–Crippen LogP) is 3.30. The fraction of sp³-hybridized carbons (Fsp3) is 0.296. The standard InChI is InChI=1S/C27H31N5O4/c1-17-13-18(16-32(4)5)8-9-21(17)30-26-23(27(34)35-12-11-31(2)3)24(33)22(36-26)14-19-15-29-25-20(19)7-6-10-28-25/h6-10,13-15,30H,11-12,16H2,1-5H3,(H,28,29)/b22-14-. The van der Waals surface area contributed by atoms with Crippen LogP contribution in [0.15, 0.2) is 59.9 Å². The average Bonchev–Trinajstić information content (AvgIpc) is 3.36. The van der Waals surface area contributed by atoms with Crippen LogP contribution in [0.4, 0.5) is 5.69 Å². The van der Waals surface area contributed by atoms with Crippen molar-refractivity contribution >= 4 is 34.5 Å². The number of benzene rings is 1. The van der Waals surface area contributed by atoms with Crippen LogP contribution in [0.25, 0.3) is 17.1 Å². The topological polar surface area (TPSA) is 99.8 Å². The average molecular weight is 490 g/mol. The van der Waals surface area contributed by atoms with E-state index >= 15 is 0 Å². The molecule has 9 heteroatoms. The highest BCUT2D eigenvalue weighted by molar-refractivity contribution is 6.26. The lowest BCUT2D eigenvalue weighted by molar-refractivity contribution is -0.140. The lowest BCUT2D eigenvalue weighted by Crippen LogP contribution is -2.23. The van der Waals surface area contributed by atoms with Gasteiger partial charge in [-0.05, 0) is 70.5 Å². The zero-order chi connectivity index (χ0) is 25.8.